The largest absolute Gasteiger partial charge is 0.444 e. The zero-order valence-electron chi connectivity index (χ0n) is 12.2. The van der Waals surface area contributed by atoms with Gasteiger partial charge in [0, 0.05) is 13.6 Å². The average Bonchev–Trinajstić information content (AvgIpc) is 2.67. The summed E-state index contributed by atoms with van der Waals surface area (Å²) < 4.78 is 31.6. The first kappa shape index (κ1) is 15.8. The van der Waals surface area contributed by atoms with E-state index in [1.165, 1.54) is 4.90 Å². The number of nitrogens with zero attached hydrogens (tertiary/aromatic N) is 1. The summed E-state index contributed by atoms with van der Waals surface area (Å²) in [6, 6.07) is 7.41. The highest BCUT2D eigenvalue weighted by Gasteiger charge is 2.28. The van der Waals surface area contributed by atoms with Gasteiger partial charge in [-0.3, -0.25) is 0 Å². The van der Waals surface area contributed by atoms with Gasteiger partial charge < -0.3 is 9.64 Å². The van der Waals surface area contributed by atoms with E-state index in [1.807, 2.05) is 25.1 Å². The third kappa shape index (κ3) is 4.71. The van der Waals surface area contributed by atoms with Gasteiger partial charge in [0.2, 0.25) is 10.0 Å². The molecule has 0 radical (unpaired) electrons. The number of carbonyl (C=O) groups is 1. The molecule has 1 heterocycles. The van der Waals surface area contributed by atoms with Crippen molar-refractivity contribution in [2.24, 2.45) is 0 Å². The van der Waals surface area contributed by atoms with Crippen LogP contribution in [0, 0.1) is 6.92 Å². The molecule has 1 atom stereocenters. The van der Waals surface area contributed by atoms with Crippen molar-refractivity contribution in [2.45, 2.75) is 25.2 Å². The molecule has 1 saturated heterocycles. The number of nitrogens with one attached hydrogen (secondary N) is 1. The summed E-state index contributed by atoms with van der Waals surface area (Å²) in [5.74, 6) is -0.0426. The second kappa shape index (κ2) is 6.44. The highest BCUT2D eigenvalue weighted by atomic mass is 32.2. The van der Waals surface area contributed by atoms with Crippen LogP contribution < -0.4 is 4.72 Å². The third-order valence-electron chi connectivity index (χ3n) is 3.28. The Hall–Kier alpha value is -1.60. The molecular weight excluding hydrogens is 292 g/mol. The van der Waals surface area contributed by atoms with Crippen molar-refractivity contribution in [1.29, 1.82) is 0 Å². The predicted molar refractivity (Wildman–Crippen MR) is 79.3 cm³/mol. The summed E-state index contributed by atoms with van der Waals surface area (Å²) >= 11 is 0. The Morgan fingerprint density at radius 3 is 2.81 bits per heavy atom. The zero-order valence-corrected chi connectivity index (χ0v) is 13.0. The molecule has 1 N–H and O–H groups in total. The van der Waals surface area contributed by atoms with Gasteiger partial charge in [0.25, 0.3) is 0 Å². The van der Waals surface area contributed by atoms with Gasteiger partial charge in [0.1, 0.15) is 6.10 Å². The summed E-state index contributed by atoms with van der Waals surface area (Å²) in [4.78, 5) is 12.7. The van der Waals surface area contributed by atoms with Crippen molar-refractivity contribution >= 4 is 16.1 Å². The second-order valence-electron chi connectivity index (χ2n) is 5.32. The summed E-state index contributed by atoms with van der Waals surface area (Å²) in [5, 5.41) is 0. The molecular formula is C14H20N2O4S. The van der Waals surface area contributed by atoms with Crippen molar-refractivity contribution in [3.8, 4) is 0 Å². The Morgan fingerprint density at radius 1 is 1.43 bits per heavy atom. The monoisotopic (exact) mass is 312 g/mol. The Labute approximate surface area is 125 Å². The predicted octanol–water partition coefficient (Wildman–Crippen LogP) is 1.26. The van der Waals surface area contributed by atoms with Crippen LogP contribution in [0.5, 0.6) is 0 Å². The molecule has 116 valence electrons. The minimum absolute atomic E-state index is 0.0426. The highest BCUT2D eigenvalue weighted by Crippen LogP contribution is 2.12. The van der Waals surface area contributed by atoms with Gasteiger partial charge in [-0.2, -0.15) is 0 Å². The fraction of sp³-hybridized carbons (Fsp3) is 0.500. The van der Waals surface area contributed by atoms with Crippen molar-refractivity contribution in [3.05, 3.63) is 35.4 Å². The number of likely N-dealkylation sites (N-methyl/N-ethyl adjacent to an activating group) is 1. The summed E-state index contributed by atoms with van der Waals surface area (Å²) in [6.07, 6.45) is -0.130. The molecule has 0 saturated carbocycles. The van der Waals surface area contributed by atoms with Gasteiger partial charge in [-0.05, 0) is 18.9 Å². The molecule has 0 bridgehead atoms. The van der Waals surface area contributed by atoms with E-state index in [9.17, 15) is 13.2 Å². The van der Waals surface area contributed by atoms with Crippen molar-refractivity contribution in [1.82, 2.24) is 9.62 Å². The Morgan fingerprint density at radius 2 is 2.19 bits per heavy atom. The van der Waals surface area contributed by atoms with Crippen LogP contribution in [0.2, 0.25) is 0 Å². The molecule has 1 aromatic rings. The molecule has 1 aromatic carbocycles. The molecule has 1 aliphatic heterocycles. The van der Waals surface area contributed by atoms with Crippen LogP contribution in [0.15, 0.2) is 24.3 Å². The van der Waals surface area contributed by atoms with Gasteiger partial charge in [-0.1, -0.05) is 29.8 Å². The van der Waals surface area contributed by atoms with Gasteiger partial charge in [-0.15, -0.1) is 0 Å². The van der Waals surface area contributed by atoms with Gasteiger partial charge in [0.15, 0.2) is 0 Å². The van der Waals surface area contributed by atoms with Crippen LogP contribution in [-0.2, 0) is 20.5 Å². The number of cyclic esters (lactones) is 1. The molecule has 7 heteroatoms. The van der Waals surface area contributed by atoms with Crippen molar-refractivity contribution in [3.63, 3.8) is 0 Å². The summed E-state index contributed by atoms with van der Waals surface area (Å²) in [6.45, 7) is 2.69. The van der Waals surface area contributed by atoms with Crippen LogP contribution in [0.3, 0.4) is 0 Å². The van der Waals surface area contributed by atoms with Crippen LogP contribution in [0.1, 0.15) is 17.5 Å². The SMILES string of the molecule is Cc1cccc(CS(=O)(=O)NCCC2CN(C)C(=O)O2)c1. The van der Waals surface area contributed by atoms with Gasteiger partial charge >= 0.3 is 6.09 Å². The molecule has 6 nitrogen and oxygen atoms in total. The van der Waals surface area contributed by atoms with Crippen molar-refractivity contribution in [2.75, 3.05) is 20.1 Å². The first-order valence-corrected chi connectivity index (χ1v) is 8.45. The fourth-order valence-corrected chi connectivity index (χ4v) is 3.40. The second-order valence-corrected chi connectivity index (χ2v) is 7.12. The van der Waals surface area contributed by atoms with Crippen LogP contribution in [0.25, 0.3) is 0 Å². The number of hydrogen-bond donors (Lipinski definition) is 1. The number of hydrogen-bond acceptors (Lipinski definition) is 4. The molecule has 21 heavy (non-hydrogen) atoms. The Balaban J connectivity index is 1.81. The van der Waals surface area contributed by atoms with Gasteiger partial charge in [-0.25, -0.2) is 17.9 Å². The minimum Gasteiger partial charge on any atom is -0.444 e. The topological polar surface area (TPSA) is 75.7 Å². The van der Waals surface area contributed by atoms with E-state index in [0.29, 0.717) is 13.0 Å². The molecule has 1 fully saturated rings. The van der Waals surface area contributed by atoms with E-state index in [0.717, 1.165) is 11.1 Å². The molecule has 1 amide bonds. The lowest BCUT2D eigenvalue weighted by molar-refractivity contribution is 0.131. The van der Waals surface area contributed by atoms with E-state index >= 15 is 0 Å². The molecule has 0 spiro atoms. The van der Waals surface area contributed by atoms with E-state index in [4.69, 9.17) is 4.74 Å². The first-order valence-electron chi connectivity index (χ1n) is 6.80. The number of benzene rings is 1. The highest BCUT2D eigenvalue weighted by molar-refractivity contribution is 7.88. The number of rotatable bonds is 6. The lowest BCUT2D eigenvalue weighted by atomic mass is 10.2. The lowest BCUT2D eigenvalue weighted by Gasteiger charge is -2.10. The molecule has 1 aliphatic rings. The first-order chi connectivity index (χ1) is 9.85. The quantitative estimate of drug-likeness (QED) is 0.858. The maximum absolute atomic E-state index is 12.0. The third-order valence-corrected chi connectivity index (χ3v) is 4.64. The number of carbonyl (C=O) groups excluding carboxylic acids is 1. The number of sulfonamides is 1. The Bertz CT molecular complexity index is 615. The lowest BCUT2D eigenvalue weighted by Crippen LogP contribution is -2.29. The van der Waals surface area contributed by atoms with E-state index in [1.54, 1.807) is 13.1 Å². The normalized spacial score (nSPS) is 18.9. The van der Waals surface area contributed by atoms with E-state index in [-0.39, 0.29) is 24.5 Å². The molecule has 0 aromatic heterocycles. The number of amides is 1. The molecule has 1 unspecified atom stereocenters. The maximum atomic E-state index is 12.0. The smallest absolute Gasteiger partial charge is 0.409 e. The fourth-order valence-electron chi connectivity index (χ4n) is 2.25. The van der Waals surface area contributed by atoms with E-state index < -0.39 is 10.0 Å². The zero-order chi connectivity index (χ0) is 15.5. The minimum atomic E-state index is -3.37. The maximum Gasteiger partial charge on any atom is 0.409 e. The van der Waals surface area contributed by atoms with Gasteiger partial charge in [0.05, 0.1) is 12.3 Å². The van der Waals surface area contributed by atoms with Crippen molar-refractivity contribution < 1.29 is 17.9 Å². The number of ether oxygens (including phenoxy) is 1. The summed E-state index contributed by atoms with van der Waals surface area (Å²) in [7, 11) is -1.72. The van der Waals surface area contributed by atoms with Crippen LogP contribution in [0.4, 0.5) is 4.79 Å². The molecule has 2 rings (SSSR count). The number of aryl methyl sites for hydroxylation is 1. The standard InChI is InChI=1S/C14H20N2O4S/c1-11-4-3-5-12(8-11)10-21(18,19)15-7-6-13-9-16(2)14(17)20-13/h3-5,8,13,15H,6-7,9-10H2,1-2H3. The van der Waals surface area contributed by atoms with Crippen LogP contribution >= 0.6 is 0 Å². The molecule has 0 aliphatic carbocycles. The van der Waals surface area contributed by atoms with E-state index in [2.05, 4.69) is 4.72 Å². The summed E-state index contributed by atoms with van der Waals surface area (Å²) in [5.41, 5.74) is 1.79. The average molecular weight is 312 g/mol. The van der Waals surface area contributed by atoms with Crippen LogP contribution in [-0.4, -0.2) is 45.7 Å². The Kier molecular flexibility index (Phi) is 4.84.